The number of rotatable bonds is 1. The third-order valence-corrected chi connectivity index (χ3v) is 5.91. The number of imide groups is 1. The van der Waals surface area contributed by atoms with Gasteiger partial charge in [-0.15, -0.1) is 0 Å². The molecule has 1 aromatic carbocycles. The molecule has 0 aromatic heterocycles. The number of benzene rings is 1. The summed E-state index contributed by atoms with van der Waals surface area (Å²) in [6.07, 6.45) is 3.17. The van der Waals surface area contributed by atoms with E-state index in [9.17, 15) is 9.59 Å². The quantitative estimate of drug-likeness (QED) is 0.744. The zero-order valence-corrected chi connectivity index (χ0v) is 12.2. The number of hydrogen-bond donors (Lipinski definition) is 0. The van der Waals surface area contributed by atoms with Crippen molar-refractivity contribution in [3.05, 3.63) is 28.2 Å². The summed E-state index contributed by atoms with van der Waals surface area (Å²) in [5.74, 6) is 0.328. The molecule has 104 valence electrons. The molecule has 3 fully saturated rings. The van der Waals surface area contributed by atoms with E-state index in [0.29, 0.717) is 22.5 Å². The van der Waals surface area contributed by atoms with Crippen molar-refractivity contribution in [1.29, 1.82) is 0 Å². The number of halogens is 2. The molecule has 4 atom stereocenters. The van der Waals surface area contributed by atoms with Crippen molar-refractivity contribution in [2.45, 2.75) is 19.3 Å². The maximum Gasteiger partial charge on any atom is 0.238 e. The van der Waals surface area contributed by atoms with Gasteiger partial charge in [0.15, 0.2) is 0 Å². The fourth-order valence-electron chi connectivity index (χ4n) is 4.31. The van der Waals surface area contributed by atoms with Crippen molar-refractivity contribution in [2.75, 3.05) is 4.90 Å². The Balaban J connectivity index is 1.79. The van der Waals surface area contributed by atoms with E-state index in [1.54, 1.807) is 18.2 Å². The van der Waals surface area contributed by atoms with Crippen LogP contribution in [0.25, 0.3) is 0 Å². The van der Waals surface area contributed by atoms with Gasteiger partial charge in [-0.25, -0.2) is 4.90 Å². The van der Waals surface area contributed by atoms with Crippen molar-refractivity contribution in [3.63, 3.8) is 0 Å². The highest BCUT2D eigenvalue weighted by atomic mass is 35.5. The number of amides is 2. The third kappa shape index (κ3) is 1.48. The number of carbonyl (C=O) groups is 2. The average molecular weight is 310 g/mol. The van der Waals surface area contributed by atoms with E-state index >= 15 is 0 Å². The van der Waals surface area contributed by atoms with E-state index in [-0.39, 0.29) is 28.7 Å². The predicted octanol–water partition coefficient (Wildman–Crippen LogP) is 3.53. The summed E-state index contributed by atoms with van der Waals surface area (Å²) in [4.78, 5) is 26.6. The molecule has 20 heavy (non-hydrogen) atoms. The molecule has 2 aliphatic carbocycles. The lowest BCUT2D eigenvalue weighted by Gasteiger charge is -2.19. The first-order valence-corrected chi connectivity index (χ1v) is 7.67. The molecular formula is C15H13Cl2NO2. The Morgan fingerprint density at radius 3 is 2.20 bits per heavy atom. The minimum Gasteiger partial charge on any atom is -0.274 e. The normalized spacial score (nSPS) is 35.0. The van der Waals surface area contributed by atoms with Crippen LogP contribution in [0, 0.1) is 23.7 Å². The lowest BCUT2D eigenvalue weighted by molar-refractivity contribution is -0.123. The van der Waals surface area contributed by atoms with Gasteiger partial charge in [0.1, 0.15) is 0 Å². The van der Waals surface area contributed by atoms with Crippen molar-refractivity contribution in [3.8, 4) is 0 Å². The SMILES string of the molecule is O=C1[C@@H]2[C@@H]3CC[C@@H](C3)[C@@H]2C(=O)N1c1cccc(Cl)c1Cl. The Morgan fingerprint density at radius 1 is 1.00 bits per heavy atom. The predicted molar refractivity (Wildman–Crippen MR) is 76.8 cm³/mol. The Bertz CT molecular complexity index is 602. The van der Waals surface area contributed by atoms with Crippen molar-refractivity contribution < 1.29 is 9.59 Å². The van der Waals surface area contributed by atoms with Crippen LogP contribution in [0.5, 0.6) is 0 Å². The zero-order valence-electron chi connectivity index (χ0n) is 10.7. The molecule has 1 heterocycles. The van der Waals surface area contributed by atoms with Gasteiger partial charge in [-0.05, 0) is 43.2 Å². The maximum absolute atomic E-state index is 12.7. The van der Waals surface area contributed by atoms with Crippen LogP contribution in [-0.2, 0) is 9.59 Å². The monoisotopic (exact) mass is 309 g/mol. The molecule has 1 aliphatic heterocycles. The summed E-state index contributed by atoms with van der Waals surface area (Å²) in [6.45, 7) is 0. The third-order valence-electron chi connectivity index (χ3n) is 5.10. The van der Waals surface area contributed by atoms with Gasteiger partial charge >= 0.3 is 0 Å². The largest absolute Gasteiger partial charge is 0.274 e. The summed E-state index contributed by atoms with van der Waals surface area (Å²) in [5.41, 5.74) is 0.433. The van der Waals surface area contributed by atoms with Gasteiger partial charge in [0, 0.05) is 0 Å². The molecule has 5 heteroatoms. The molecule has 0 spiro atoms. The minimum atomic E-state index is -0.128. The Labute approximate surface area is 126 Å². The molecule has 0 unspecified atom stereocenters. The fourth-order valence-corrected chi connectivity index (χ4v) is 4.69. The molecule has 1 saturated heterocycles. The van der Waals surface area contributed by atoms with Crippen LogP contribution in [0.1, 0.15) is 19.3 Å². The highest BCUT2D eigenvalue weighted by molar-refractivity contribution is 6.44. The molecule has 4 rings (SSSR count). The molecule has 2 bridgehead atoms. The van der Waals surface area contributed by atoms with Crippen LogP contribution < -0.4 is 4.90 Å². The minimum absolute atomic E-state index is 0.0867. The Kier molecular flexibility index (Phi) is 2.67. The van der Waals surface area contributed by atoms with Gasteiger partial charge in [-0.2, -0.15) is 0 Å². The van der Waals surface area contributed by atoms with Crippen LogP contribution in [-0.4, -0.2) is 11.8 Å². The van der Waals surface area contributed by atoms with Crippen molar-refractivity contribution in [1.82, 2.24) is 0 Å². The maximum atomic E-state index is 12.7. The van der Waals surface area contributed by atoms with Crippen molar-refractivity contribution >= 4 is 40.7 Å². The molecule has 2 amide bonds. The Morgan fingerprint density at radius 2 is 1.60 bits per heavy atom. The van der Waals surface area contributed by atoms with Gasteiger partial charge < -0.3 is 0 Å². The molecule has 1 aromatic rings. The van der Waals surface area contributed by atoms with E-state index in [4.69, 9.17) is 23.2 Å². The second-order valence-electron chi connectivity index (χ2n) is 5.97. The first-order valence-electron chi connectivity index (χ1n) is 6.91. The van der Waals surface area contributed by atoms with E-state index in [1.807, 2.05) is 0 Å². The van der Waals surface area contributed by atoms with Crippen LogP contribution >= 0.6 is 23.2 Å². The van der Waals surface area contributed by atoms with Gasteiger partial charge in [0.2, 0.25) is 11.8 Å². The average Bonchev–Trinajstić information content (AvgIpc) is 3.09. The highest BCUT2D eigenvalue weighted by Gasteiger charge is 2.61. The van der Waals surface area contributed by atoms with Gasteiger partial charge in [-0.1, -0.05) is 29.3 Å². The van der Waals surface area contributed by atoms with E-state index in [1.165, 1.54) is 4.90 Å². The molecule has 3 aliphatic rings. The number of fused-ring (bicyclic) bond motifs is 5. The summed E-state index contributed by atoms with van der Waals surface area (Å²) < 4.78 is 0. The van der Waals surface area contributed by atoms with Crippen LogP contribution in [0.4, 0.5) is 5.69 Å². The van der Waals surface area contributed by atoms with E-state index in [0.717, 1.165) is 19.3 Å². The van der Waals surface area contributed by atoms with Gasteiger partial charge in [0.25, 0.3) is 0 Å². The van der Waals surface area contributed by atoms with E-state index < -0.39 is 0 Å². The molecule has 0 N–H and O–H groups in total. The summed E-state index contributed by atoms with van der Waals surface area (Å²) in [7, 11) is 0. The number of anilines is 1. The number of hydrogen-bond acceptors (Lipinski definition) is 2. The molecular weight excluding hydrogens is 297 g/mol. The lowest BCUT2D eigenvalue weighted by Crippen LogP contribution is -2.33. The topological polar surface area (TPSA) is 37.4 Å². The summed E-state index contributed by atoms with van der Waals surface area (Å²) in [6, 6.07) is 5.06. The smallest absolute Gasteiger partial charge is 0.238 e. The lowest BCUT2D eigenvalue weighted by atomic mass is 9.81. The fraction of sp³-hybridized carbons (Fsp3) is 0.467. The summed E-state index contributed by atoms with van der Waals surface area (Å²) in [5, 5.41) is 0.646. The van der Waals surface area contributed by atoms with Crippen LogP contribution in [0.2, 0.25) is 10.0 Å². The molecule has 2 saturated carbocycles. The van der Waals surface area contributed by atoms with Crippen LogP contribution in [0.3, 0.4) is 0 Å². The summed E-state index contributed by atoms with van der Waals surface area (Å²) >= 11 is 12.2. The van der Waals surface area contributed by atoms with Crippen LogP contribution in [0.15, 0.2) is 18.2 Å². The first kappa shape index (κ1) is 12.7. The second-order valence-corrected chi connectivity index (χ2v) is 6.75. The zero-order chi connectivity index (χ0) is 14.0. The first-order chi connectivity index (χ1) is 9.59. The molecule has 0 radical (unpaired) electrons. The molecule has 3 nitrogen and oxygen atoms in total. The standard InChI is InChI=1S/C15H13Cl2NO2/c16-9-2-1-3-10(13(9)17)18-14(19)11-7-4-5-8(6-7)12(11)15(18)20/h1-3,7-8,11-12H,4-6H2/t7-,8+,11-,12+. The highest BCUT2D eigenvalue weighted by Crippen LogP contribution is 2.57. The van der Waals surface area contributed by atoms with Gasteiger partial charge in [-0.3, -0.25) is 9.59 Å². The van der Waals surface area contributed by atoms with Gasteiger partial charge in [0.05, 0.1) is 27.6 Å². The Hall–Kier alpha value is -1.06. The van der Waals surface area contributed by atoms with E-state index in [2.05, 4.69) is 0 Å². The number of carbonyl (C=O) groups excluding carboxylic acids is 2. The second kappa shape index (κ2) is 4.22. The van der Waals surface area contributed by atoms with Crippen molar-refractivity contribution in [2.24, 2.45) is 23.7 Å². The number of nitrogens with zero attached hydrogens (tertiary/aromatic N) is 1.